The molecule has 3 aromatic carbocycles. The van der Waals surface area contributed by atoms with Crippen molar-refractivity contribution < 1.29 is 19.0 Å². The molecule has 0 bridgehead atoms. The standard InChI is InChI=1S/C27H27ClN4O4S/c1-17-8-9-20(28)13-24(17)32-25(15-29-26(33)19-11-22(35-3)14-23(12-19)36-4)30-31-27(32)37-16-18-6-5-7-21(10-18)34-2/h5-14H,15-16H2,1-4H3,(H,29,33). The van der Waals surface area contributed by atoms with Gasteiger partial charge >= 0.3 is 0 Å². The summed E-state index contributed by atoms with van der Waals surface area (Å²) in [6, 6.07) is 18.5. The average Bonchev–Trinajstić information content (AvgIpc) is 3.33. The van der Waals surface area contributed by atoms with Crippen molar-refractivity contribution in [1.29, 1.82) is 0 Å². The number of amides is 1. The van der Waals surface area contributed by atoms with Gasteiger partial charge in [-0.1, -0.05) is 41.6 Å². The smallest absolute Gasteiger partial charge is 0.251 e. The van der Waals surface area contributed by atoms with Gasteiger partial charge in [0.15, 0.2) is 11.0 Å². The van der Waals surface area contributed by atoms with Crippen LogP contribution in [0.1, 0.15) is 27.3 Å². The Bertz CT molecular complexity index is 1390. The molecule has 10 heteroatoms. The highest BCUT2D eigenvalue weighted by Gasteiger charge is 2.18. The van der Waals surface area contributed by atoms with Crippen molar-refractivity contribution in [2.45, 2.75) is 24.4 Å². The van der Waals surface area contributed by atoms with Gasteiger partial charge in [0.1, 0.15) is 17.2 Å². The van der Waals surface area contributed by atoms with Gasteiger partial charge in [0.05, 0.1) is 33.6 Å². The van der Waals surface area contributed by atoms with Crippen LogP contribution in [0.3, 0.4) is 0 Å². The fourth-order valence-corrected chi connectivity index (χ4v) is 4.76. The van der Waals surface area contributed by atoms with E-state index in [1.807, 2.05) is 54.0 Å². The fraction of sp³-hybridized carbons (Fsp3) is 0.222. The number of hydrogen-bond acceptors (Lipinski definition) is 7. The lowest BCUT2D eigenvalue weighted by molar-refractivity contribution is 0.0949. The monoisotopic (exact) mass is 538 g/mol. The highest BCUT2D eigenvalue weighted by molar-refractivity contribution is 7.98. The molecule has 37 heavy (non-hydrogen) atoms. The van der Waals surface area contributed by atoms with Crippen molar-refractivity contribution in [3.63, 3.8) is 0 Å². The van der Waals surface area contributed by atoms with Crippen LogP contribution in [0.25, 0.3) is 5.69 Å². The lowest BCUT2D eigenvalue weighted by atomic mass is 10.2. The molecular formula is C27H27ClN4O4S. The molecule has 1 heterocycles. The van der Waals surface area contributed by atoms with Crippen LogP contribution in [0, 0.1) is 6.92 Å². The summed E-state index contributed by atoms with van der Waals surface area (Å²) in [5, 5.41) is 13.0. The number of halogens is 1. The van der Waals surface area contributed by atoms with Gasteiger partial charge < -0.3 is 19.5 Å². The predicted molar refractivity (Wildman–Crippen MR) is 144 cm³/mol. The second-order valence-corrected chi connectivity index (χ2v) is 9.47. The number of nitrogens with one attached hydrogen (secondary N) is 1. The molecule has 4 aromatic rings. The highest BCUT2D eigenvalue weighted by atomic mass is 35.5. The maximum Gasteiger partial charge on any atom is 0.251 e. The molecule has 0 saturated heterocycles. The van der Waals surface area contributed by atoms with Crippen LogP contribution in [0.4, 0.5) is 0 Å². The summed E-state index contributed by atoms with van der Waals surface area (Å²) in [7, 11) is 4.72. The number of aryl methyl sites for hydroxylation is 1. The predicted octanol–water partition coefficient (Wildman–Crippen LogP) is 5.48. The first-order chi connectivity index (χ1) is 17.9. The second-order valence-electron chi connectivity index (χ2n) is 8.09. The summed E-state index contributed by atoms with van der Waals surface area (Å²) >= 11 is 7.88. The number of carbonyl (C=O) groups is 1. The van der Waals surface area contributed by atoms with E-state index in [0.717, 1.165) is 22.6 Å². The Balaban J connectivity index is 1.61. The van der Waals surface area contributed by atoms with Crippen molar-refractivity contribution in [2.24, 2.45) is 0 Å². The molecule has 0 saturated carbocycles. The first-order valence-electron chi connectivity index (χ1n) is 11.4. The molecule has 8 nitrogen and oxygen atoms in total. The van der Waals surface area contributed by atoms with Crippen molar-refractivity contribution >= 4 is 29.3 Å². The van der Waals surface area contributed by atoms with Gasteiger partial charge in [0.2, 0.25) is 0 Å². The van der Waals surface area contributed by atoms with Crippen LogP contribution in [-0.2, 0) is 12.3 Å². The zero-order chi connectivity index (χ0) is 26.4. The molecule has 1 amide bonds. The number of ether oxygens (including phenoxy) is 3. The minimum Gasteiger partial charge on any atom is -0.497 e. The van der Waals surface area contributed by atoms with Crippen LogP contribution in [0.2, 0.25) is 5.02 Å². The minimum absolute atomic E-state index is 0.150. The van der Waals surface area contributed by atoms with E-state index in [0.29, 0.717) is 38.8 Å². The summed E-state index contributed by atoms with van der Waals surface area (Å²) in [4.78, 5) is 13.0. The van der Waals surface area contributed by atoms with E-state index in [2.05, 4.69) is 15.5 Å². The number of thioether (sulfide) groups is 1. The largest absolute Gasteiger partial charge is 0.497 e. The Labute approximate surface area is 224 Å². The molecule has 0 aliphatic rings. The Kier molecular flexibility index (Phi) is 8.58. The summed E-state index contributed by atoms with van der Waals surface area (Å²) in [6.07, 6.45) is 0. The van der Waals surface area contributed by atoms with Crippen molar-refractivity contribution in [3.05, 3.63) is 88.2 Å². The van der Waals surface area contributed by atoms with E-state index in [9.17, 15) is 4.79 Å². The Morgan fingerprint density at radius 1 is 0.946 bits per heavy atom. The van der Waals surface area contributed by atoms with E-state index >= 15 is 0 Å². The minimum atomic E-state index is -0.292. The van der Waals surface area contributed by atoms with Gasteiger partial charge in [-0.05, 0) is 54.4 Å². The molecule has 1 aromatic heterocycles. The van der Waals surface area contributed by atoms with Crippen molar-refractivity contribution in [1.82, 2.24) is 20.1 Å². The van der Waals surface area contributed by atoms with Gasteiger partial charge in [-0.25, -0.2) is 0 Å². The van der Waals surface area contributed by atoms with Gasteiger partial charge in [-0.3, -0.25) is 9.36 Å². The molecule has 1 N–H and O–H groups in total. The third-order valence-electron chi connectivity index (χ3n) is 5.64. The van der Waals surface area contributed by atoms with E-state index in [1.165, 1.54) is 26.0 Å². The maximum atomic E-state index is 13.0. The van der Waals surface area contributed by atoms with Crippen LogP contribution >= 0.6 is 23.4 Å². The zero-order valence-corrected chi connectivity index (χ0v) is 22.5. The van der Waals surface area contributed by atoms with E-state index < -0.39 is 0 Å². The van der Waals surface area contributed by atoms with Gasteiger partial charge in [0, 0.05) is 22.4 Å². The maximum absolute atomic E-state index is 13.0. The highest BCUT2D eigenvalue weighted by Crippen LogP contribution is 2.29. The third kappa shape index (κ3) is 6.36. The average molecular weight is 539 g/mol. The summed E-state index contributed by atoms with van der Waals surface area (Å²) in [5.74, 6) is 2.78. The van der Waals surface area contributed by atoms with E-state index in [1.54, 1.807) is 25.3 Å². The number of nitrogens with zero attached hydrogens (tertiary/aromatic N) is 3. The number of methoxy groups -OCH3 is 3. The summed E-state index contributed by atoms with van der Waals surface area (Å²) < 4.78 is 17.8. The topological polar surface area (TPSA) is 87.5 Å². The molecule has 0 spiro atoms. The number of carbonyl (C=O) groups excluding carboxylic acids is 1. The van der Waals surface area contributed by atoms with Crippen LogP contribution < -0.4 is 19.5 Å². The zero-order valence-electron chi connectivity index (χ0n) is 20.9. The second kappa shape index (κ2) is 12.0. The van der Waals surface area contributed by atoms with Crippen LogP contribution in [0.5, 0.6) is 17.2 Å². The first kappa shape index (κ1) is 26.4. The molecule has 0 aliphatic heterocycles. The quantitative estimate of drug-likeness (QED) is 0.268. The van der Waals surface area contributed by atoms with Gasteiger partial charge in [0.25, 0.3) is 5.91 Å². The molecule has 4 rings (SSSR count). The number of rotatable bonds is 10. The van der Waals surface area contributed by atoms with Crippen molar-refractivity contribution in [2.75, 3.05) is 21.3 Å². The molecule has 0 atom stereocenters. The summed E-state index contributed by atoms with van der Waals surface area (Å²) in [5.41, 5.74) is 3.34. The summed E-state index contributed by atoms with van der Waals surface area (Å²) in [6.45, 7) is 2.14. The Hall–Kier alpha value is -3.69. The fourth-order valence-electron chi connectivity index (χ4n) is 3.68. The lowest BCUT2D eigenvalue weighted by Gasteiger charge is -2.14. The number of aromatic nitrogens is 3. The molecule has 0 fully saturated rings. The van der Waals surface area contributed by atoms with Crippen molar-refractivity contribution in [3.8, 4) is 22.9 Å². The third-order valence-corrected chi connectivity index (χ3v) is 6.87. The molecule has 0 radical (unpaired) electrons. The molecule has 0 unspecified atom stereocenters. The van der Waals surface area contributed by atoms with Gasteiger partial charge in [-0.15, -0.1) is 10.2 Å². The van der Waals surface area contributed by atoms with E-state index in [4.69, 9.17) is 25.8 Å². The Morgan fingerprint density at radius 2 is 1.68 bits per heavy atom. The first-order valence-corrected chi connectivity index (χ1v) is 12.8. The number of benzene rings is 3. The molecule has 0 aliphatic carbocycles. The normalized spacial score (nSPS) is 10.7. The molecule has 192 valence electrons. The SMILES string of the molecule is COc1cccc(CSc2nnc(CNC(=O)c3cc(OC)cc(OC)c3)n2-c2cc(Cl)ccc2C)c1. The van der Waals surface area contributed by atoms with Crippen LogP contribution in [0.15, 0.2) is 65.8 Å². The Morgan fingerprint density at radius 3 is 2.38 bits per heavy atom. The number of hydrogen-bond donors (Lipinski definition) is 1. The van der Waals surface area contributed by atoms with Gasteiger partial charge in [-0.2, -0.15) is 0 Å². The van der Waals surface area contributed by atoms with Crippen LogP contribution in [-0.4, -0.2) is 42.0 Å². The van der Waals surface area contributed by atoms with E-state index in [-0.39, 0.29) is 12.5 Å². The lowest BCUT2D eigenvalue weighted by Crippen LogP contribution is -2.25. The molecular weight excluding hydrogens is 512 g/mol.